The Morgan fingerprint density at radius 2 is 1.76 bits per heavy atom. The second kappa shape index (κ2) is 6.16. The lowest BCUT2D eigenvalue weighted by atomic mass is 10.1. The molecular weight excluding hydrogens is 312 g/mol. The first-order valence-electron chi connectivity index (χ1n) is 8.53. The van der Waals surface area contributed by atoms with Gasteiger partial charge in [-0.05, 0) is 24.6 Å². The third-order valence-electron chi connectivity index (χ3n) is 4.61. The van der Waals surface area contributed by atoms with Gasteiger partial charge in [-0.2, -0.15) is 0 Å². The summed E-state index contributed by atoms with van der Waals surface area (Å²) in [7, 11) is 0. The molecule has 2 heterocycles. The van der Waals surface area contributed by atoms with Gasteiger partial charge in [0.15, 0.2) is 5.82 Å². The van der Waals surface area contributed by atoms with E-state index in [-0.39, 0.29) is 5.91 Å². The largest absolute Gasteiger partial charge is 0.320 e. The summed E-state index contributed by atoms with van der Waals surface area (Å²) in [5.41, 5.74) is 3.11. The normalized spacial score (nSPS) is 13.8. The maximum atomic E-state index is 11.8. The number of anilines is 1. The van der Waals surface area contributed by atoms with E-state index in [4.69, 9.17) is 9.97 Å². The molecule has 0 bridgehead atoms. The van der Waals surface area contributed by atoms with Crippen LogP contribution < -0.4 is 4.90 Å². The van der Waals surface area contributed by atoms with Gasteiger partial charge in [0.05, 0.1) is 18.9 Å². The Hall–Kier alpha value is -2.95. The number of amides is 1. The topological polar surface area (TPSA) is 49.3 Å². The third kappa shape index (κ3) is 2.71. The molecule has 1 aromatic heterocycles. The van der Waals surface area contributed by atoms with Crippen molar-refractivity contribution in [3.63, 3.8) is 0 Å². The number of aromatic nitrogens is 2. The van der Waals surface area contributed by atoms with Crippen LogP contribution in [0, 0.1) is 6.92 Å². The molecule has 1 fully saturated rings. The van der Waals surface area contributed by atoms with E-state index in [1.165, 1.54) is 0 Å². The van der Waals surface area contributed by atoms with Gasteiger partial charge in [0.1, 0.15) is 5.82 Å². The summed E-state index contributed by atoms with van der Waals surface area (Å²) >= 11 is 0. The van der Waals surface area contributed by atoms with Crippen molar-refractivity contribution in [2.24, 2.45) is 0 Å². The molecule has 0 atom stereocenters. The van der Waals surface area contributed by atoms with Gasteiger partial charge in [-0.25, -0.2) is 9.97 Å². The van der Waals surface area contributed by atoms with E-state index in [1.807, 2.05) is 54.3 Å². The Morgan fingerprint density at radius 1 is 1.04 bits per heavy atom. The molecule has 1 aliphatic rings. The fraction of sp³-hybridized carbons (Fsp3) is 0.250. The maximum absolute atomic E-state index is 11.8. The zero-order chi connectivity index (χ0) is 17.4. The predicted molar refractivity (Wildman–Crippen MR) is 99.1 cm³/mol. The highest BCUT2D eigenvalue weighted by atomic mass is 16.2. The molecule has 126 valence electrons. The summed E-state index contributed by atoms with van der Waals surface area (Å²) < 4.78 is 0. The van der Waals surface area contributed by atoms with Gasteiger partial charge >= 0.3 is 0 Å². The van der Waals surface area contributed by atoms with Crippen LogP contribution in [0.2, 0.25) is 0 Å². The van der Waals surface area contributed by atoms with Gasteiger partial charge in [-0.3, -0.25) is 4.79 Å². The molecule has 1 amide bonds. The van der Waals surface area contributed by atoms with Gasteiger partial charge in [-0.15, -0.1) is 0 Å². The highest BCUT2D eigenvalue weighted by molar-refractivity contribution is 5.92. The Kier molecular flexibility index (Phi) is 3.84. The summed E-state index contributed by atoms with van der Waals surface area (Å²) in [6.45, 7) is 5.13. The zero-order valence-electron chi connectivity index (χ0n) is 14.4. The Balaban J connectivity index is 1.78. The number of fused-ring (bicyclic) bond motifs is 1. The van der Waals surface area contributed by atoms with Crippen molar-refractivity contribution < 1.29 is 4.79 Å². The van der Waals surface area contributed by atoms with Gasteiger partial charge in [0.2, 0.25) is 5.91 Å². The fourth-order valence-electron chi connectivity index (χ4n) is 3.13. The van der Waals surface area contributed by atoms with Crippen molar-refractivity contribution in [2.45, 2.75) is 20.3 Å². The second-order valence-electron chi connectivity index (χ2n) is 6.31. The van der Waals surface area contributed by atoms with Crippen LogP contribution in [0.4, 0.5) is 5.82 Å². The molecule has 4 rings (SSSR count). The second-order valence-corrected chi connectivity index (χ2v) is 6.31. The lowest BCUT2D eigenvalue weighted by Crippen LogP contribution is -2.58. The van der Waals surface area contributed by atoms with Crippen molar-refractivity contribution in [1.82, 2.24) is 14.9 Å². The molecular formula is C20H20N4O. The van der Waals surface area contributed by atoms with Crippen LogP contribution in [0.15, 0.2) is 48.5 Å². The number of nitrogens with zero attached hydrogens (tertiary/aromatic N) is 4. The average molecular weight is 332 g/mol. The highest BCUT2D eigenvalue weighted by Gasteiger charge is 2.29. The molecule has 5 nitrogen and oxygen atoms in total. The standard InChI is InChI=1S/C20H20N4O/c1-3-18(25)23-12-24(13-23)20-16-10-6-7-11-17(16)21-19(22-20)15-9-5-4-8-14(15)2/h4-11H,3,12-13H2,1-2H3. The van der Waals surface area contributed by atoms with Crippen LogP contribution in [0.1, 0.15) is 18.9 Å². The summed E-state index contributed by atoms with van der Waals surface area (Å²) in [6, 6.07) is 16.2. The van der Waals surface area contributed by atoms with E-state index < -0.39 is 0 Å². The highest BCUT2D eigenvalue weighted by Crippen LogP contribution is 2.31. The average Bonchev–Trinajstić information content (AvgIpc) is 2.60. The summed E-state index contributed by atoms with van der Waals surface area (Å²) in [5, 5.41) is 1.02. The quantitative estimate of drug-likeness (QED) is 0.735. The van der Waals surface area contributed by atoms with E-state index in [0.29, 0.717) is 19.8 Å². The van der Waals surface area contributed by atoms with E-state index in [9.17, 15) is 4.79 Å². The van der Waals surface area contributed by atoms with E-state index in [1.54, 1.807) is 0 Å². The number of carbonyl (C=O) groups is 1. The smallest absolute Gasteiger partial charge is 0.225 e. The fourth-order valence-corrected chi connectivity index (χ4v) is 3.13. The molecule has 0 aliphatic carbocycles. The van der Waals surface area contributed by atoms with Crippen LogP contribution in [-0.2, 0) is 4.79 Å². The first-order chi connectivity index (χ1) is 12.2. The van der Waals surface area contributed by atoms with Gasteiger partial charge in [0, 0.05) is 17.4 Å². The van der Waals surface area contributed by atoms with Crippen LogP contribution >= 0.6 is 0 Å². The van der Waals surface area contributed by atoms with Crippen molar-refractivity contribution >= 4 is 22.6 Å². The first-order valence-corrected chi connectivity index (χ1v) is 8.53. The molecule has 0 unspecified atom stereocenters. The number of carbonyl (C=O) groups excluding carboxylic acids is 1. The molecule has 1 aliphatic heterocycles. The number of rotatable bonds is 3. The Bertz CT molecular complexity index is 947. The minimum absolute atomic E-state index is 0.175. The minimum Gasteiger partial charge on any atom is -0.320 e. The monoisotopic (exact) mass is 332 g/mol. The van der Waals surface area contributed by atoms with E-state index in [0.717, 1.165) is 33.7 Å². The van der Waals surface area contributed by atoms with Crippen LogP contribution in [-0.4, -0.2) is 34.1 Å². The Labute approximate surface area is 146 Å². The SMILES string of the molecule is CCC(=O)N1CN(c2nc(-c3ccccc3C)nc3ccccc23)C1. The molecule has 3 aromatic rings. The maximum Gasteiger partial charge on any atom is 0.225 e. The lowest BCUT2D eigenvalue weighted by Gasteiger charge is -2.43. The molecule has 1 saturated heterocycles. The van der Waals surface area contributed by atoms with Crippen molar-refractivity contribution in [2.75, 3.05) is 18.2 Å². The molecule has 2 aromatic carbocycles. The van der Waals surface area contributed by atoms with Crippen molar-refractivity contribution in [3.05, 3.63) is 54.1 Å². The molecule has 25 heavy (non-hydrogen) atoms. The summed E-state index contributed by atoms with van der Waals surface area (Å²) in [5.74, 6) is 1.80. The predicted octanol–water partition coefficient (Wildman–Crippen LogP) is 3.58. The molecule has 0 saturated carbocycles. The molecule has 0 spiro atoms. The zero-order valence-corrected chi connectivity index (χ0v) is 14.4. The Morgan fingerprint density at radius 3 is 2.52 bits per heavy atom. The lowest BCUT2D eigenvalue weighted by molar-refractivity contribution is -0.134. The molecule has 0 radical (unpaired) electrons. The van der Waals surface area contributed by atoms with Gasteiger partial charge in [0.25, 0.3) is 0 Å². The van der Waals surface area contributed by atoms with E-state index >= 15 is 0 Å². The third-order valence-corrected chi connectivity index (χ3v) is 4.61. The van der Waals surface area contributed by atoms with E-state index in [2.05, 4.69) is 17.9 Å². The number of hydrogen-bond donors (Lipinski definition) is 0. The number of para-hydroxylation sites is 1. The van der Waals surface area contributed by atoms with Crippen molar-refractivity contribution in [1.29, 1.82) is 0 Å². The summed E-state index contributed by atoms with van der Waals surface area (Å²) in [4.78, 5) is 25.4. The number of hydrogen-bond acceptors (Lipinski definition) is 4. The van der Waals surface area contributed by atoms with Crippen molar-refractivity contribution in [3.8, 4) is 11.4 Å². The van der Waals surface area contributed by atoms with Crippen LogP contribution in [0.3, 0.4) is 0 Å². The van der Waals surface area contributed by atoms with Crippen LogP contribution in [0.5, 0.6) is 0 Å². The first kappa shape index (κ1) is 15.6. The molecule has 5 heteroatoms. The van der Waals surface area contributed by atoms with Gasteiger partial charge in [-0.1, -0.05) is 43.3 Å². The summed E-state index contributed by atoms with van der Waals surface area (Å²) in [6.07, 6.45) is 0.535. The number of aryl methyl sites for hydroxylation is 1. The number of benzene rings is 2. The van der Waals surface area contributed by atoms with Gasteiger partial charge < -0.3 is 9.80 Å². The molecule has 0 N–H and O–H groups in total. The minimum atomic E-state index is 0.175. The van der Waals surface area contributed by atoms with Crippen LogP contribution in [0.25, 0.3) is 22.3 Å².